The molecule has 0 aliphatic carbocycles. The lowest BCUT2D eigenvalue weighted by atomic mass is 10.1. The average Bonchev–Trinajstić information content (AvgIpc) is 3.09. The zero-order chi connectivity index (χ0) is 21.6. The van der Waals surface area contributed by atoms with E-state index in [1.165, 1.54) is 5.56 Å². The first-order chi connectivity index (χ1) is 15.1. The number of aryl methyl sites for hydroxylation is 1. The number of nitrogens with zero attached hydrogens (tertiary/aromatic N) is 2. The van der Waals surface area contributed by atoms with Crippen LogP contribution in [0.1, 0.15) is 33.6 Å². The van der Waals surface area contributed by atoms with E-state index in [2.05, 4.69) is 29.3 Å². The first kappa shape index (κ1) is 21.6. The Labute approximate surface area is 183 Å². The molecule has 1 aromatic heterocycles. The van der Waals surface area contributed by atoms with Gasteiger partial charge in [0.15, 0.2) is 0 Å². The average molecular weight is 422 g/mol. The number of aromatic carboxylic acids is 1. The second-order valence-electron chi connectivity index (χ2n) is 8.15. The molecule has 1 fully saturated rings. The first-order valence-corrected chi connectivity index (χ1v) is 11.0. The maximum atomic E-state index is 12.3. The third-order valence-electron chi connectivity index (χ3n) is 6.10. The Kier molecular flexibility index (Phi) is 7.02. The van der Waals surface area contributed by atoms with Gasteiger partial charge in [-0.2, -0.15) is 0 Å². The minimum Gasteiger partial charge on any atom is -0.477 e. The van der Waals surface area contributed by atoms with E-state index in [1.807, 2.05) is 41.0 Å². The van der Waals surface area contributed by atoms with Gasteiger partial charge in [-0.25, -0.2) is 4.79 Å². The van der Waals surface area contributed by atoms with Gasteiger partial charge in [-0.05, 0) is 43.6 Å². The molecule has 2 heterocycles. The highest BCUT2D eigenvalue weighted by atomic mass is 16.5. The Hall–Kier alpha value is -2.67. The predicted octanol–water partition coefficient (Wildman–Crippen LogP) is 3.51. The van der Waals surface area contributed by atoms with Gasteiger partial charge in [0.1, 0.15) is 5.69 Å². The summed E-state index contributed by atoms with van der Waals surface area (Å²) in [6.07, 6.45) is 1.03. The molecule has 31 heavy (non-hydrogen) atoms. The number of nitrogens with one attached hydrogen (secondary N) is 1. The molecule has 0 bridgehead atoms. The lowest BCUT2D eigenvalue weighted by Gasteiger charge is -2.26. The van der Waals surface area contributed by atoms with E-state index < -0.39 is 5.97 Å². The van der Waals surface area contributed by atoms with Crippen molar-refractivity contribution in [1.29, 1.82) is 0 Å². The first-order valence-electron chi connectivity index (χ1n) is 11.0. The minimum atomic E-state index is -0.880. The SMILES string of the molecule is Cc1ccccc1Cn1c(C(=O)O)c(CNCCCN2CCOCC2)c2ccccc21. The van der Waals surface area contributed by atoms with Crippen molar-refractivity contribution in [3.8, 4) is 0 Å². The Morgan fingerprint density at radius 2 is 1.84 bits per heavy atom. The van der Waals surface area contributed by atoms with Crippen molar-refractivity contribution in [1.82, 2.24) is 14.8 Å². The quantitative estimate of drug-likeness (QED) is 0.518. The van der Waals surface area contributed by atoms with Crippen molar-refractivity contribution < 1.29 is 14.6 Å². The molecule has 4 rings (SSSR count). The van der Waals surface area contributed by atoms with Crippen molar-refractivity contribution in [2.24, 2.45) is 0 Å². The normalized spacial score (nSPS) is 14.9. The molecule has 1 aliphatic heterocycles. The summed E-state index contributed by atoms with van der Waals surface area (Å²) in [5.74, 6) is -0.880. The molecule has 1 saturated heterocycles. The molecular formula is C25H31N3O3. The highest BCUT2D eigenvalue weighted by Gasteiger charge is 2.22. The Balaban J connectivity index is 1.53. The fourth-order valence-electron chi connectivity index (χ4n) is 4.39. The van der Waals surface area contributed by atoms with Gasteiger partial charge in [0.25, 0.3) is 0 Å². The van der Waals surface area contributed by atoms with Gasteiger partial charge in [-0.1, -0.05) is 42.5 Å². The number of rotatable bonds is 9. The smallest absolute Gasteiger partial charge is 0.352 e. The lowest BCUT2D eigenvalue weighted by molar-refractivity contribution is 0.0374. The van der Waals surface area contributed by atoms with Gasteiger partial charge in [0.05, 0.1) is 13.2 Å². The molecule has 0 amide bonds. The van der Waals surface area contributed by atoms with Crippen molar-refractivity contribution >= 4 is 16.9 Å². The molecular weight excluding hydrogens is 390 g/mol. The number of aromatic nitrogens is 1. The number of para-hydroxylation sites is 1. The topological polar surface area (TPSA) is 66.7 Å². The van der Waals surface area contributed by atoms with Gasteiger partial charge in [-0.3, -0.25) is 4.90 Å². The summed E-state index contributed by atoms with van der Waals surface area (Å²) in [4.78, 5) is 14.7. The van der Waals surface area contributed by atoms with Gasteiger partial charge in [0.2, 0.25) is 0 Å². The number of carboxylic acids is 1. The summed E-state index contributed by atoms with van der Waals surface area (Å²) in [6, 6.07) is 16.2. The molecule has 0 radical (unpaired) electrons. The molecule has 2 N–H and O–H groups in total. The molecule has 0 atom stereocenters. The number of hydrogen-bond acceptors (Lipinski definition) is 4. The van der Waals surface area contributed by atoms with E-state index in [9.17, 15) is 9.90 Å². The van der Waals surface area contributed by atoms with Gasteiger partial charge < -0.3 is 19.7 Å². The van der Waals surface area contributed by atoms with Crippen LogP contribution in [0.25, 0.3) is 10.9 Å². The van der Waals surface area contributed by atoms with Crippen LogP contribution < -0.4 is 5.32 Å². The van der Waals surface area contributed by atoms with Crippen LogP contribution in [0.5, 0.6) is 0 Å². The van der Waals surface area contributed by atoms with E-state index in [-0.39, 0.29) is 0 Å². The monoisotopic (exact) mass is 421 g/mol. The molecule has 3 aromatic rings. The van der Waals surface area contributed by atoms with Crippen LogP contribution in [0.4, 0.5) is 0 Å². The largest absolute Gasteiger partial charge is 0.477 e. The van der Waals surface area contributed by atoms with Gasteiger partial charge in [-0.15, -0.1) is 0 Å². The number of carbonyl (C=O) groups is 1. The Morgan fingerprint density at radius 3 is 2.61 bits per heavy atom. The third-order valence-corrected chi connectivity index (χ3v) is 6.10. The second-order valence-corrected chi connectivity index (χ2v) is 8.15. The van der Waals surface area contributed by atoms with Gasteiger partial charge >= 0.3 is 5.97 Å². The van der Waals surface area contributed by atoms with Crippen LogP contribution in [0.3, 0.4) is 0 Å². The maximum Gasteiger partial charge on any atom is 0.352 e. The number of morpholine rings is 1. The Morgan fingerprint density at radius 1 is 1.10 bits per heavy atom. The summed E-state index contributed by atoms with van der Waals surface area (Å²) >= 11 is 0. The fourth-order valence-corrected chi connectivity index (χ4v) is 4.39. The molecule has 0 unspecified atom stereocenters. The third kappa shape index (κ3) is 4.98. The summed E-state index contributed by atoms with van der Waals surface area (Å²) in [5, 5.41) is 14.6. The highest BCUT2D eigenvalue weighted by molar-refractivity contribution is 5.98. The highest BCUT2D eigenvalue weighted by Crippen LogP contribution is 2.28. The molecule has 1 aliphatic rings. The van der Waals surface area contributed by atoms with E-state index in [0.29, 0.717) is 18.8 Å². The predicted molar refractivity (Wildman–Crippen MR) is 123 cm³/mol. The van der Waals surface area contributed by atoms with E-state index in [4.69, 9.17) is 4.74 Å². The van der Waals surface area contributed by atoms with E-state index in [0.717, 1.165) is 67.8 Å². The van der Waals surface area contributed by atoms with Crippen LogP contribution >= 0.6 is 0 Å². The number of hydrogen-bond donors (Lipinski definition) is 2. The minimum absolute atomic E-state index is 0.380. The zero-order valence-corrected chi connectivity index (χ0v) is 18.1. The van der Waals surface area contributed by atoms with Crippen LogP contribution in [-0.2, 0) is 17.8 Å². The molecule has 0 saturated carbocycles. The van der Waals surface area contributed by atoms with E-state index in [1.54, 1.807) is 0 Å². The van der Waals surface area contributed by atoms with Gasteiger partial charge in [0, 0.05) is 42.6 Å². The summed E-state index contributed by atoms with van der Waals surface area (Å²) in [7, 11) is 0. The molecule has 6 heteroatoms. The van der Waals surface area contributed by atoms with Crippen LogP contribution in [0.2, 0.25) is 0 Å². The van der Waals surface area contributed by atoms with Crippen molar-refractivity contribution in [3.63, 3.8) is 0 Å². The number of carboxylic acid groups (broad SMARTS) is 1. The fraction of sp³-hybridized carbons (Fsp3) is 0.400. The summed E-state index contributed by atoms with van der Waals surface area (Å²) < 4.78 is 7.35. The number of ether oxygens (including phenoxy) is 1. The molecule has 0 spiro atoms. The van der Waals surface area contributed by atoms with Crippen molar-refractivity contribution in [2.45, 2.75) is 26.4 Å². The van der Waals surface area contributed by atoms with E-state index >= 15 is 0 Å². The lowest BCUT2D eigenvalue weighted by Crippen LogP contribution is -2.37. The van der Waals surface area contributed by atoms with Crippen LogP contribution in [-0.4, -0.2) is 59.9 Å². The molecule has 6 nitrogen and oxygen atoms in total. The standard InChI is InChI=1S/C25H31N3O3/c1-19-7-2-3-8-20(19)18-28-23-10-5-4-9-21(23)22(24(28)25(29)30)17-26-11-6-12-27-13-15-31-16-14-27/h2-5,7-10,26H,6,11-18H2,1H3,(H,29,30). The van der Waals surface area contributed by atoms with Crippen LogP contribution in [0, 0.1) is 6.92 Å². The Bertz CT molecular complexity index is 1040. The second kappa shape index (κ2) is 10.1. The van der Waals surface area contributed by atoms with Crippen LogP contribution in [0.15, 0.2) is 48.5 Å². The summed E-state index contributed by atoms with van der Waals surface area (Å²) in [5.41, 5.74) is 4.51. The number of fused-ring (bicyclic) bond motifs is 1. The molecule has 164 valence electrons. The molecule has 2 aromatic carbocycles. The zero-order valence-electron chi connectivity index (χ0n) is 18.1. The number of benzene rings is 2. The van der Waals surface area contributed by atoms with Crippen molar-refractivity contribution in [3.05, 3.63) is 70.9 Å². The summed E-state index contributed by atoms with van der Waals surface area (Å²) in [6.45, 7) is 8.68. The van der Waals surface area contributed by atoms with Crippen molar-refractivity contribution in [2.75, 3.05) is 39.4 Å². The maximum absolute atomic E-state index is 12.3.